The van der Waals surface area contributed by atoms with Gasteiger partial charge in [-0.3, -0.25) is 24.3 Å². The smallest absolute Gasteiger partial charge is 0.323 e. The summed E-state index contributed by atoms with van der Waals surface area (Å²) in [6.07, 6.45) is 7.90. The number of hydrogen-bond acceptors (Lipinski definition) is 9. The van der Waals surface area contributed by atoms with Crippen LogP contribution in [-0.4, -0.2) is 81.5 Å². The van der Waals surface area contributed by atoms with Gasteiger partial charge >= 0.3 is 5.97 Å². The Labute approximate surface area is 282 Å². The molecule has 252 valence electrons. The van der Waals surface area contributed by atoms with Crippen LogP contribution in [0.5, 0.6) is 5.75 Å². The number of hydrogen-bond donors (Lipinski definition) is 3. The zero-order valence-corrected chi connectivity index (χ0v) is 28.2. The Bertz CT molecular complexity index is 1540. The van der Waals surface area contributed by atoms with Gasteiger partial charge in [0.15, 0.2) is 5.75 Å². The lowest BCUT2D eigenvalue weighted by Gasteiger charge is -2.35. The molecule has 0 unspecified atom stereocenters. The number of ether oxygens (including phenoxy) is 2. The molecule has 5 N–H and O–H groups in total. The lowest BCUT2D eigenvalue weighted by Crippen LogP contribution is -2.42. The van der Waals surface area contributed by atoms with Crippen LogP contribution in [0.25, 0.3) is 6.08 Å². The Morgan fingerprint density at radius 1 is 1.11 bits per heavy atom. The highest BCUT2D eigenvalue weighted by atomic mass is 35.5. The number of sulfonamides is 1. The largest absolute Gasteiger partial charge is 0.489 e. The number of nitrogens with zero attached hydrogens (tertiary/aromatic N) is 3. The highest BCUT2D eigenvalue weighted by Gasteiger charge is 2.29. The molecule has 2 aliphatic rings. The number of nitrogens with two attached hydrogens (primary N) is 2. The van der Waals surface area contributed by atoms with Crippen molar-refractivity contribution in [1.29, 1.82) is 5.41 Å². The average Bonchev–Trinajstić information content (AvgIpc) is 3.00. The van der Waals surface area contributed by atoms with Crippen LogP contribution in [0.2, 0.25) is 0 Å². The third-order valence-corrected chi connectivity index (χ3v) is 9.07. The fraction of sp³-hybridized carbons (Fsp3) is 0.419. The van der Waals surface area contributed by atoms with Gasteiger partial charge in [0.25, 0.3) is 5.91 Å². The van der Waals surface area contributed by atoms with Crippen molar-refractivity contribution in [3.8, 4) is 5.75 Å². The van der Waals surface area contributed by atoms with Crippen LogP contribution in [0.15, 0.2) is 53.5 Å². The molecule has 0 atom stereocenters. The average molecular weight is 698 g/mol. The van der Waals surface area contributed by atoms with Crippen molar-refractivity contribution in [2.45, 2.75) is 45.1 Å². The Balaban J connectivity index is 0.00000368. The number of rotatable bonds is 12. The lowest BCUT2D eigenvalue weighted by molar-refractivity contribution is -0.139. The number of anilines is 1. The van der Waals surface area contributed by atoms with E-state index in [-0.39, 0.29) is 66.9 Å². The third-order valence-electron chi connectivity index (χ3n) is 7.44. The molecule has 0 aromatic heterocycles. The predicted octanol–water partition coefficient (Wildman–Crippen LogP) is 3.75. The molecular weight excluding hydrogens is 655 g/mol. The second-order valence-electron chi connectivity index (χ2n) is 10.6. The summed E-state index contributed by atoms with van der Waals surface area (Å²) in [5.74, 6) is -1.21. The molecule has 2 aromatic rings. The molecule has 46 heavy (non-hydrogen) atoms. The first-order valence-corrected chi connectivity index (χ1v) is 16.3. The third kappa shape index (κ3) is 10.4. The van der Waals surface area contributed by atoms with Crippen LogP contribution in [0.4, 0.5) is 5.69 Å². The van der Waals surface area contributed by atoms with Gasteiger partial charge in [0.2, 0.25) is 10.0 Å². The molecule has 0 bridgehead atoms. The SMILES string of the molecule is CCOC(=O)CS(=O)(=O)N(C/C=C/c1cccc(C(=N)N)c1)c1ccc(OC2CCN(C3=NCCCC3)CC2)c(C(N)=O)c1.Cl.Cl. The summed E-state index contributed by atoms with van der Waals surface area (Å²) in [4.78, 5) is 31.7. The van der Waals surface area contributed by atoms with Gasteiger partial charge in [0, 0.05) is 44.5 Å². The first-order valence-electron chi connectivity index (χ1n) is 14.7. The van der Waals surface area contributed by atoms with Crippen LogP contribution >= 0.6 is 24.8 Å². The Morgan fingerprint density at radius 3 is 2.48 bits per heavy atom. The van der Waals surface area contributed by atoms with E-state index in [2.05, 4.69) is 9.89 Å². The number of aliphatic imine (C=N–C) groups is 1. The number of carbonyl (C=O) groups is 2. The first kappa shape index (κ1) is 38.4. The number of halogens is 2. The summed E-state index contributed by atoms with van der Waals surface area (Å²) in [5, 5.41) is 7.64. The molecule has 1 amide bonds. The van der Waals surface area contributed by atoms with E-state index in [1.165, 1.54) is 12.1 Å². The van der Waals surface area contributed by atoms with Gasteiger partial charge in [0.05, 0.1) is 30.2 Å². The van der Waals surface area contributed by atoms with Gasteiger partial charge in [-0.15, -0.1) is 24.8 Å². The molecule has 1 saturated heterocycles. The minimum Gasteiger partial charge on any atom is -0.489 e. The fourth-order valence-corrected chi connectivity index (χ4v) is 6.51. The van der Waals surface area contributed by atoms with Crippen molar-refractivity contribution < 1.29 is 27.5 Å². The number of benzene rings is 2. The maximum absolute atomic E-state index is 13.4. The molecule has 0 saturated carbocycles. The minimum absolute atomic E-state index is 0. The van der Waals surface area contributed by atoms with Crippen molar-refractivity contribution in [2.75, 3.05) is 42.8 Å². The van der Waals surface area contributed by atoms with Crippen LogP contribution in [0, 0.1) is 5.41 Å². The summed E-state index contributed by atoms with van der Waals surface area (Å²) in [6, 6.07) is 11.3. The molecule has 0 spiro atoms. The molecule has 1 fully saturated rings. The van der Waals surface area contributed by atoms with Crippen LogP contribution in [0.1, 0.15) is 60.5 Å². The molecule has 0 radical (unpaired) electrons. The van der Waals surface area contributed by atoms with Crippen LogP contribution in [0.3, 0.4) is 0 Å². The second kappa shape index (κ2) is 17.8. The van der Waals surface area contributed by atoms with Gasteiger partial charge in [-0.1, -0.05) is 30.4 Å². The number of amidine groups is 2. The molecule has 15 heteroatoms. The molecule has 4 rings (SSSR count). The number of esters is 1. The summed E-state index contributed by atoms with van der Waals surface area (Å²) in [7, 11) is -4.23. The maximum atomic E-state index is 13.4. The second-order valence-corrected chi connectivity index (χ2v) is 12.5. The topological polar surface area (TPSA) is 181 Å². The Hall–Kier alpha value is -3.81. The van der Waals surface area contributed by atoms with Crippen molar-refractivity contribution in [3.05, 3.63) is 65.2 Å². The number of carbonyl (C=O) groups excluding carboxylic acids is 2. The molecule has 0 aliphatic carbocycles. The van der Waals surface area contributed by atoms with Crippen molar-refractivity contribution >= 4 is 70.1 Å². The highest BCUT2D eigenvalue weighted by Crippen LogP contribution is 2.30. The summed E-state index contributed by atoms with van der Waals surface area (Å²) in [6.45, 7) is 3.93. The monoisotopic (exact) mass is 696 g/mol. The fourth-order valence-electron chi connectivity index (χ4n) is 5.22. The van der Waals surface area contributed by atoms with Crippen molar-refractivity contribution in [1.82, 2.24) is 4.90 Å². The summed E-state index contributed by atoms with van der Waals surface area (Å²) < 4.78 is 39.0. The Morgan fingerprint density at radius 2 is 1.85 bits per heavy atom. The molecule has 12 nitrogen and oxygen atoms in total. The normalized spacial score (nSPS) is 15.2. The van der Waals surface area contributed by atoms with Gasteiger partial charge < -0.3 is 25.8 Å². The van der Waals surface area contributed by atoms with E-state index in [0.717, 1.165) is 61.9 Å². The zero-order valence-electron chi connectivity index (χ0n) is 25.7. The molecule has 2 heterocycles. The van der Waals surface area contributed by atoms with Gasteiger partial charge in [-0.25, -0.2) is 8.42 Å². The number of amides is 1. The highest BCUT2D eigenvalue weighted by molar-refractivity contribution is 7.93. The number of nitrogen functional groups attached to an aromatic ring is 1. The Kier molecular flexibility index (Phi) is 14.8. The van der Waals surface area contributed by atoms with Crippen molar-refractivity contribution in [3.63, 3.8) is 0 Å². The maximum Gasteiger partial charge on any atom is 0.323 e. The standard InChI is InChI=1S/C31H40N6O6S.2ClH/c1-2-42-29(38)21-44(40,41)37(16-6-8-22-7-5-9-23(19-22)30(32)33)24-11-12-27(26(20-24)31(34)39)43-25-13-17-36(18-14-25)28-10-3-4-15-35-28;;/h5-9,11-12,19-20,25H,2-4,10,13-18,21H2,1H3,(H3,32,33)(H2,34,39);2*1H/b8-6+;;. The van der Waals surface area contributed by atoms with Gasteiger partial charge in [0.1, 0.15) is 17.7 Å². The minimum atomic E-state index is -4.23. The van der Waals surface area contributed by atoms with E-state index in [1.54, 1.807) is 49.4 Å². The molecule has 2 aromatic carbocycles. The molecule has 2 aliphatic heterocycles. The van der Waals surface area contributed by atoms with Gasteiger partial charge in [-0.05, 0) is 49.6 Å². The number of primary amides is 1. The number of likely N-dealkylation sites (tertiary alicyclic amines) is 1. The summed E-state index contributed by atoms with van der Waals surface area (Å²) in [5.41, 5.74) is 12.7. The van der Waals surface area contributed by atoms with Crippen LogP contribution in [-0.2, 0) is 19.6 Å². The van der Waals surface area contributed by atoms with Gasteiger partial charge in [-0.2, -0.15) is 0 Å². The zero-order chi connectivity index (χ0) is 31.7. The quantitative estimate of drug-likeness (QED) is 0.170. The van der Waals surface area contributed by atoms with E-state index in [4.69, 9.17) is 26.4 Å². The van der Waals surface area contributed by atoms with E-state index < -0.39 is 27.7 Å². The summed E-state index contributed by atoms with van der Waals surface area (Å²) >= 11 is 0. The van der Waals surface area contributed by atoms with Crippen LogP contribution < -0.4 is 20.5 Å². The van der Waals surface area contributed by atoms with E-state index in [1.807, 2.05) is 0 Å². The predicted molar refractivity (Wildman–Crippen MR) is 185 cm³/mol. The van der Waals surface area contributed by atoms with E-state index >= 15 is 0 Å². The number of piperidine rings is 1. The number of nitrogens with one attached hydrogen (secondary N) is 1. The van der Waals surface area contributed by atoms with E-state index in [9.17, 15) is 18.0 Å². The lowest BCUT2D eigenvalue weighted by atomic mass is 10.0. The molecular formula is C31H42Cl2N6O6S. The van der Waals surface area contributed by atoms with Crippen molar-refractivity contribution in [2.24, 2.45) is 16.5 Å². The van der Waals surface area contributed by atoms with E-state index in [0.29, 0.717) is 11.1 Å². The first-order chi connectivity index (χ1) is 21.1.